The van der Waals surface area contributed by atoms with Crippen LogP contribution in [0.1, 0.15) is 37.7 Å². The smallest absolute Gasteiger partial charge is 0.220 e. The van der Waals surface area contributed by atoms with Gasteiger partial charge in [-0.25, -0.2) is 4.98 Å². The second kappa shape index (κ2) is 8.11. The molecule has 4 rings (SSSR count). The first-order valence-corrected chi connectivity index (χ1v) is 10.3. The van der Waals surface area contributed by atoms with E-state index in [-0.39, 0.29) is 5.91 Å². The number of carbonyl (C=O) groups excluding carboxylic acids is 1. The molecule has 0 fully saturated rings. The van der Waals surface area contributed by atoms with E-state index in [0.717, 1.165) is 29.7 Å². The Morgan fingerprint density at radius 3 is 2.55 bits per heavy atom. The largest absolute Gasteiger partial charge is 0.356 e. The van der Waals surface area contributed by atoms with Crippen molar-refractivity contribution in [2.75, 3.05) is 6.54 Å². The van der Waals surface area contributed by atoms with E-state index in [1.165, 1.54) is 16.5 Å². The Balaban J connectivity index is 1.36. The minimum absolute atomic E-state index is 0.0881. The van der Waals surface area contributed by atoms with Crippen molar-refractivity contribution >= 4 is 27.8 Å². The van der Waals surface area contributed by atoms with Crippen molar-refractivity contribution in [1.29, 1.82) is 0 Å². The van der Waals surface area contributed by atoms with E-state index in [4.69, 9.17) is 4.98 Å². The summed E-state index contributed by atoms with van der Waals surface area (Å²) in [6.45, 7) is 4.94. The van der Waals surface area contributed by atoms with Crippen LogP contribution in [-0.2, 0) is 24.7 Å². The van der Waals surface area contributed by atoms with Crippen LogP contribution in [-0.4, -0.2) is 26.6 Å². The number of nitrogens with one attached hydrogen (secondary N) is 1. The number of aromatic nitrogens is 3. The molecule has 150 valence electrons. The summed E-state index contributed by atoms with van der Waals surface area (Å²) in [5.41, 5.74) is 4.59. The van der Waals surface area contributed by atoms with E-state index in [1.54, 1.807) is 0 Å². The molecular formula is C24H28N4O. The lowest BCUT2D eigenvalue weighted by Gasteiger charge is -2.13. The molecule has 0 radical (unpaired) electrons. The monoisotopic (exact) mass is 388 g/mol. The van der Waals surface area contributed by atoms with Crippen LogP contribution in [0.2, 0.25) is 0 Å². The molecule has 2 aromatic heterocycles. The zero-order valence-electron chi connectivity index (χ0n) is 17.4. The van der Waals surface area contributed by atoms with Gasteiger partial charge < -0.3 is 14.5 Å². The first-order chi connectivity index (χ1) is 14.0. The Hall–Kier alpha value is -3.08. The molecule has 4 aromatic rings. The van der Waals surface area contributed by atoms with E-state index in [9.17, 15) is 4.79 Å². The standard InChI is InChI=1S/C24H28N4O/c1-17(2)28-22-11-7-5-9-20(22)26-23(28)14-15-25-24(29)13-12-18-16-27(3)21-10-6-4-8-19(18)21/h4-11,16-17H,12-15H2,1-3H3,(H,25,29). The second-order valence-corrected chi connectivity index (χ2v) is 7.86. The van der Waals surface area contributed by atoms with Crippen molar-refractivity contribution in [3.8, 4) is 0 Å². The predicted octanol–water partition coefficient (Wildman–Crippen LogP) is 4.40. The van der Waals surface area contributed by atoms with Crippen molar-refractivity contribution in [3.63, 3.8) is 0 Å². The topological polar surface area (TPSA) is 51.9 Å². The number of aryl methyl sites for hydroxylation is 2. The summed E-state index contributed by atoms with van der Waals surface area (Å²) >= 11 is 0. The van der Waals surface area contributed by atoms with Gasteiger partial charge in [0.25, 0.3) is 0 Å². The minimum atomic E-state index is 0.0881. The molecule has 2 aromatic carbocycles. The SMILES string of the molecule is CC(C)n1c(CCNC(=O)CCc2cn(C)c3ccccc23)nc2ccccc21. The lowest BCUT2D eigenvalue weighted by atomic mass is 10.1. The zero-order chi connectivity index (χ0) is 20.4. The Bertz CT molecular complexity index is 1150. The third-order valence-electron chi connectivity index (χ3n) is 5.46. The highest BCUT2D eigenvalue weighted by Gasteiger charge is 2.13. The van der Waals surface area contributed by atoms with Crippen LogP contribution in [0.15, 0.2) is 54.7 Å². The average molecular weight is 389 g/mol. The van der Waals surface area contributed by atoms with Gasteiger partial charge in [0.2, 0.25) is 5.91 Å². The molecular weight excluding hydrogens is 360 g/mol. The minimum Gasteiger partial charge on any atom is -0.356 e. The van der Waals surface area contributed by atoms with Gasteiger partial charge in [-0.15, -0.1) is 0 Å². The quantitative estimate of drug-likeness (QED) is 0.510. The van der Waals surface area contributed by atoms with Crippen molar-refractivity contribution in [1.82, 2.24) is 19.4 Å². The molecule has 0 bridgehead atoms. The molecule has 0 aliphatic heterocycles. The Kier molecular flexibility index (Phi) is 5.38. The van der Waals surface area contributed by atoms with Gasteiger partial charge in [-0.05, 0) is 44.0 Å². The Morgan fingerprint density at radius 1 is 1.03 bits per heavy atom. The van der Waals surface area contributed by atoms with Gasteiger partial charge in [0.05, 0.1) is 11.0 Å². The summed E-state index contributed by atoms with van der Waals surface area (Å²) in [6, 6.07) is 16.9. The fraction of sp³-hybridized carbons (Fsp3) is 0.333. The maximum atomic E-state index is 12.4. The third kappa shape index (κ3) is 3.90. The maximum Gasteiger partial charge on any atom is 0.220 e. The van der Waals surface area contributed by atoms with Gasteiger partial charge in [0.15, 0.2) is 0 Å². The number of nitrogens with zero attached hydrogens (tertiary/aromatic N) is 3. The third-order valence-corrected chi connectivity index (χ3v) is 5.46. The highest BCUT2D eigenvalue weighted by molar-refractivity contribution is 5.85. The summed E-state index contributed by atoms with van der Waals surface area (Å²) in [5, 5.41) is 4.30. The van der Waals surface area contributed by atoms with E-state index < -0.39 is 0 Å². The molecule has 0 atom stereocenters. The summed E-state index contributed by atoms with van der Waals surface area (Å²) in [4.78, 5) is 17.2. The van der Waals surface area contributed by atoms with Crippen LogP contribution in [0.5, 0.6) is 0 Å². The first-order valence-electron chi connectivity index (χ1n) is 10.3. The number of imidazole rings is 1. The average Bonchev–Trinajstić information content (AvgIpc) is 3.24. The van der Waals surface area contributed by atoms with Gasteiger partial charge in [0, 0.05) is 49.6 Å². The number of hydrogen-bond acceptors (Lipinski definition) is 2. The molecule has 0 aliphatic rings. The van der Waals surface area contributed by atoms with Crippen LogP contribution in [0.3, 0.4) is 0 Å². The van der Waals surface area contributed by atoms with Gasteiger partial charge in [-0.3, -0.25) is 4.79 Å². The van der Waals surface area contributed by atoms with E-state index >= 15 is 0 Å². The fourth-order valence-corrected chi connectivity index (χ4v) is 4.12. The fourth-order valence-electron chi connectivity index (χ4n) is 4.12. The van der Waals surface area contributed by atoms with Crippen LogP contribution in [0, 0.1) is 0 Å². The molecule has 0 aliphatic carbocycles. The lowest BCUT2D eigenvalue weighted by molar-refractivity contribution is -0.121. The van der Waals surface area contributed by atoms with Gasteiger partial charge >= 0.3 is 0 Å². The van der Waals surface area contributed by atoms with E-state index in [0.29, 0.717) is 19.0 Å². The number of hydrogen-bond donors (Lipinski definition) is 1. The highest BCUT2D eigenvalue weighted by Crippen LogP contribution is 2.22. The Morgan fingerprint density at radius 2 is 1.76 bits per heavy atom. The normalized spacial score (nSPS) is 11.6. The summed E-state index contributed by atoms with van der Waals surface area (Å²) in [5.74, 6) is 1.11. The zero-order valence-corrected chi connectivity index (χ0v) is 17.4. The maximum absolute atomic E-state index is 12.4. The van der Waals surface area contributed by atoms with Crippen LogP contribution in [0.25, 0.3) is 21.9 Å². The number of para-hydroxylation sites is 3. The molecule has 2 heterocycles. The first kappa shape index (κ1) is 19.2. The van der Waals surface area contributed by atoms with Gasteiger partial charge in [-0.2, -0.15) is 0 Å². The highest BCUT2D eigenvalue weighted by atomic mass is 16.1. The molecule has 0 spiro atoms. The van der Waals surface area contributed by atoms with Gasteiger partial charge in [-0.1, -0.05) is 30.3 Å². The summed E-state index contributed by atoms with van der Waals surface area (Å²) in [7, 11) is 2.05. The molecule has 1 amide bonds. The molecule has 5 nitrogen and oxygen atoms in total. The lowest BCUT2D eigenvalue weighted by Crippen LogP contribution is -2.26. The molecule has 29 heavy (non-hydrogen) atoms. The number of amides is 1. The predicted molar refractivity (Wildman–Crippen MR) is 118 cm³/mol. The van der Waals surface area contributed by atoms with Crippen molar-refractivity contribution in [2.24, 2.45) is 7.05 Å². The molecule has 1 N–H and O–H groups in total. The molecule has 5 heteroatoms. The van der Waals surface area contributed by atoms with Crippen molar-refractivity contribution in [3.05, 3.63) is 66.1 Å². The number of rotatable bonds is 7. The number of benzene rings is 2. The summed E-state index contributed by atoms with van der Waals surface area (Å²) in [6.07, 6.45) is 4.10. The number of carbonyl (C=O) groups is 1. The molecule has 0 unspecified atom stereocenters. The van der Waals surface area contributed by atoms with Crippen molar-refractivity contribution in [2.45, 2.75) is 39.2 Å². The molecule has 0 saturated carbocycles. The molecule has 0 saturated heterocycles. The number of fused-ring (bicyclic) bond motifs is 2. The van der Waals surface area contributed by atoms with Crippen LogP contribution in [0.4, 0.5) is 0 Å². The van der Waals surface area contributed by atoms with Gasteiger partial charge in [0.1, 0.15) is 5.82 Å². The summed E-state index contributed by atoms with van der Waals surface area (Å²) < 4.78 is 4.39. The van der Waals surface area contributed by atoms with E-state index in [2.05, 4.69) is 52.7 Å². The van der Waals surface area contributed by atoms with Crippen LogP contribution < -0.4 is 5.32 Å². The van der Waals surface area contributed by atoms with E-state index in [1.807, 2.05) is 37.4 Å². The van der Waals surface area contributed by atoms with Crippen LogP contribution >= 0.6 is 0 Å². The Labute approximate surface area is 171 Å². The van der Waals surface area contributed by atoms with Crippen molar-refractivity contribution < 1.29 is 4.79 Å². The second-order valence-electron chi connectivity index (χ2n) is 7.86.